The Labute approximate surface area is 141 Å². The number of ether oxygens (including phenoxy) is 1. The van der Waals surface area contributed by atoms with Crippen LogP contribution >= 0.6 is 0 Å². The molecule has 0 aliphatic carbocycles. The van der Waals surface area contributed by atoms with Crippen molar-refractivity contribution >= 4 is 19.9 Å². The highest BCUT2D eigenvalue weighted by molar-refractivity contribution is 6.74. The first kappa shape index (κ1) is 19.7. The number of carbonyl (C=O) groups excluding carboxylic acids is 1. The van der Waals surface area contributed by atoms with E-state index in [4.69, 9.17) is 9.16 Å². The van der Waals surface area contributed by atoms with E-state index in [1.54, 1.807) is 6.92 Å². The molecule has 4 heteroatoms. The molecular weight excluding hydrogens is 304 g/mol. The lowest BCUT2D eigenvalue weighted by atomic mass is 9.96. The van der Waals surface area contributed by atoms with E-state index in [1.165, 1.54) is 7.11 Å². The van der Waals surface area contributed by atoms with Gasteiger partial charge in [-0.25, -0.2) is 4.79 Å². The fourth-order valence-electron chi connectivity index (χ4n) is 2.31. The SMILES string of the molecule is COC(=O)/C(C)=C(/c1ccccc1)C(C)O[Si](C)(C)C(C)(C)C. The lowest BCUT2D eigenvalue weighted by Crippen LogP contribution is -2.43. The van der Waals surface area contributed by atoms with E-state index in [-0.39, 0.29) is 17.1 Å². The van der Waals surface area contributed by atoms with Crippen LogP contribution in [0.4, 0.5) is 0 Å². The summed E-state index contributed by atoms with van der Waals surface area (Å²) in [5, 5.41) is 0.113. The molecule has 0 radical (unpaired) electrons. The quantitative estimate of drug-likeness (QED) is 0.430. The number of hydrogen-bond donors (Lipinski definition) is 0. The van der Waals surface area contributed by atoms with Crippen molar-refractivity contribution < 1.29 is 14.0 Å². The Morgan fingerprint density at radius 1 is 1.13 bits per heavy atom. The van der Waals surface area contributed by atoms with Crippen molar-refractivity contribution in [1.29, 1.82) is 0 Å². The molecule has 0 spiro atoms. The number of esters is 1. The molecule has 1 rings (SSSR count). The predicted octanol–water partition coefficient (Wildman–Crippen LogP) is 5.04. The molecule has 0 fully saturated rings. The average molecular weight is 335 g/mol. The van der Waals surface area contributed by atoms with Gasteiger partial charge in [0.25, 0.3) is 0 Å². The maximum atomic E-state index is 12.1. The van der Waals surface area contributed by atoms with Gasteiger partial charge in [0.2, 0.25) is 0 Å². The van der Waals surface area contributed by atoms with Crippen molar-refractivity contribution in [3.8, 4) is 0 Å². The number of hydrogen-bond acceptors (Lipinski definition) is 3. The fraction of sp³-hybridized carbons (Fsp3) is 0.526. The normalized spacial score (nSPS) is 15.0. The summed E-state index contributed by atoms with van der Waals surface area (Å²) in [5.41, 5.74) is 2.51. The van der Waals surface area contributed by atoms with Gasteiger partial charge in [0.05, 0.1) is 13.2 Å². The summed E-state index contributed by atoms with van der Waals surface area (Å²) in [6.07, 6.45) is -0.169. The van der Waals surface area contributed by atoms with Gasteiger partial charge in [-0.15, -0.1) is 0 Å². The highest BCUT2D eigenvalue weighted by atomic mass is 28.4. The van der Waals surface area contributed by atoms with Gasteiger partial charge in [0, 0.05) is 5.57 Å². The minimum absolute atomic E-state index is 0.113. The summed E-state index contributed by atoms with van der Waals surface area (Å²) < 4.78 is 11.4. The van der Waals surface area contributed by atoms with E-state index in [2.05, 4.69) is 33.9 Å². The second kappa shape index (κ2) is 7.45. The molecule has 0 aliphatic rings. The summed E-state index contributed by atoms with van der Waals surface area (Å²) in [4.78, 5) is 12.1. The van der Waals surface area contributed by atoms with Crippen LogP contribution in [0.5, 0.6) is 0 Å². The van der Waals surface area contributed by atoms with Crippen LogP contribution < -0.4 is 0 Å². The van der Waals surface area contributed by atoms with Crippen LogP contribution in [0, 0.1) is 0 Å². The fourth-order valence-corrected chi connectivity index (χ4v) is 3.67. The monoisotopic (exact) mass is 334 g/mol. The standard InChI is InChI=1S/C19H30O3Si/c1-14(18(20)21-6)17(16-12-10-9-11-13-16)15(2)22-23(7,8)19(3,4)5/h9-13,15H,1-8H3/b17-14+. The predicted molar refractivity (Wildman–Crippen MR) is 98.8 cm³/mol. The van der Waals surface area contributed by atoms with Gasteiger partial charge in [0.1, 0.15) is 0 Å². The van der Waals surface area contributed by atoms with E-state index in [9.17, 15) is 4.79 Å². The van der Waals surface area contributed by atoms with Crippen LogP contribution in [-0.4, -0.2) is 27.5 Å². The maximum absolute atomic E-state index is 12.1. The van der Waals surface area contributed by atoms with Crippen LogP contribution in [0.1, 0.15) is 40.2 Å². The summed E-state index contributed by atoms with van der Waals surface area (Å²) in [7, 11) is -0.530. The van der Waals surface area contributed by atoms with Crippen LogP contribution in [-0.2, 0) is 14.0 Å². The van der Waals surface area contributed by atoms with Crippen molar-refractivity contribution in [3.05, 3.63) is 41.5 Å². The van der Waals surface area contributed by atoms with Crippen LogP contribution in [0.2, 0.25) is 18.1 Å². The smallest absolute Gasteiger partial charge is 0.333 e. The van der Waals surface area contributed by atoms with Gasteiger partial charge >= 0.3 is 5.97 Å². The van der Waals surface area contributed by atoms with E-state index >= 15 is 0 Å². The zero-order valence-corrected chi connectivity index (χ0v) is 16.7. The van der Waals surface area contributed by atoms with Crippen molar-refractivity contribution in [3.63, 3.8) is 0 Å². The Hall–Kier alpha value is -1.39. The van der Waals surface area contributed by atoms with Gasteiger partial charge in [-0.05, 0) is 43.1 Å². The summed E-state index contributed by atoms with van der Waals surface area (Å²) in [6, 6.07) is 9.92. The molecule has 23 heavy (non-hydrogen) atoms. The Morgan fingerprint density at radius 3 is 2.09 bits per heavy atom. The van der Waals surface area contributed by atoms with Crippen molar-refractivity contribution in [1.82, 2.24) is 0 Å². The molecule has 1 atom stereocenters. The van der Waals surface area contributed by atoms with E-state index in [0.29, 0.717) is 5.57 Å². The third-order valence-corrected chi connectivity index (χ3v) is 9.22. The first-order valence-electron chi connectivity index (χ1n) is 8.03. The second-order valence-corrected chi connectivity index (χ2v) is 12.2. The van der Waals surface area contributed by atoms with Crippen LogP contribution in [0.25, 0.3) is 5.57 Å². The Morgan fingerprint density at radius 2 is 1.65 bits per heavy atom. The first-order chi connectivity index (χ1) is 10.5. The van der Waals surface area contributed by atoms with E-state index in [0.717, 1.165) is 11.1 Å². The molecule has 1 aromatic rings. The minimum Gasteiger partial charge on any atom is -0.466 e. The van der Waals surface area contributed by atoms with E-state index < -0.39 is 8.32 Å². The molecule has 0 amide bonds. The van der Waals surface area contributed by atoms with Crippen molar-refractivity contribution in [2.45, 2.75) is 58.9 Å². The third-order valence-electron chi connectivity index (χ3n) is 4.66. The molecule has 0 bridgehead atoms. The molecule has 0 heterocycles. The van der Waals surface area contributed by atoms with Gasteiger partial charge in [-0.2, -0.15) is 0 Å². The Balaban J connectivity index is 3.29. The molecule has 0 aromatic heterocycles. The van der Waals surface area contributed by atoms with Crippen molar-refractivity contribution in [2.75, 3.05) is 7.11 Å². The molecule has 128 valence electrons. The Bertz CT molecular complexity index is 568. The molecule has 0 saturated heterocycles. The highest BCUT2D eigenvalue weighted by Crippen LogP contribution is 2.39. The average Bonchev–Trinajstić information content (AvgIpc) is 2.45. The first-order valence-corrected chi connectivity index (χ1v) is 10.9. The number of methoxy groups -OCH3 is 1. The van der Waals surface area contributed by atoms with E-state index in [1.807, 2.05) is 37.3 Å². The molecule has 0 aliphatic heterocycles. The molecular formula is C19H30O3Si. The third kappa shape index (κ3) is 4.79. The Kier molecular flexibility index (Phi) is 6.37. The second-order valence-electron chi connectivity index (χ2n) is 7.42. The molecule has 3 nitrogen and oxygen atoms in total. The minimum atomic E-state index is -1.94. The largest absolute Gasteiger partial charge is 0.466 e. The lowest BCUT2D eigenvalue weighted by molar-refractivity contribution is -0.136. The highest BCUT2D eigenvalue weighted by Gasteiger charge is 2.39. The summed E-state index contributed by atoms with van der Waals surface area (Å²) in [6.45, 7) is 14.9. The maximum Gasteiger partial charge on any atom is 0.333 e. The van der Waals surface area contributed by atoms with Crippen LogP contribution in [0.3, 0.4) is 0 Å². The summed E-state index contributed by atoms with van der Waals surface area (Å²) >= 11 is 0. The van der Waals surface area contributed by atoms with Crippen LogP contribution in [0.15, 0.2) is 35.9 Å². The van der Waals surface area contributed by atoms with Gasteiger partial charge in [-0.1, -0.05) is 51.1 Å². The lowest BCUT2D eigenvalue weighted by Gasteiger charge is -2.39. The molecule has 1 unspecified atom stereocenters. The zero-order valence-electron chi connectivity index (χ0n) is 15.7. The zero-order chi connectivity index (χ0) is 17.8. The van der Waals surface area contributed by atoms with Gasteiger partial charge in [-0.3, -0.25) is 0 Å². The molecule has 1 aromatic carbocycles. The molecule has 0 N–H and O–H groups in total. The number of carbonyl (C=O) groups is 1. The number of benzene rings is 1. The number of rotatable bonds is 5. The summed E-state index contributed by atoms with van der Waals surface area (Å²) in [5.74, 6) is -0.311. The topological polar surface area (TPSA) is 35.5 Å². The van der Waals surface area contributed by atoms with Gasteiger partial charge < -0.3 is 9.16 Å². The molecule has 0 saturated carbocycles. The van der Waals surface area contributed by atoms with Gasteiger partial charge in [0.15, 0.2) is 8.32 Å². The van der Waals surface area contributed by atoms with Crippen molar-refractivity contribution in [2.24, 2.45) is 0 Å².